The van der Waals surface area contributed by atoms with Crippen LogP contribution < -0.4 is 11.1 Å². The predicted octanol–water partition coefficient (Wildman–Crippen LogP) is 3.49. The summed E-state index contributed by atoms with van der Waals surface area (Å²) in [4.78, 5) is 7.67. The number of anilines is 3. The third-order valence-electron chi connectivity index (χ3n) is 2.63. The van der Waals surface area contributed by atoms with Crippen molar-refractivity contribution in [2.45, 2.75) is 0 Å². The first-order valence-corrected chi connectivity index (χ1v) is 6.57. The maximum absolute atomic E-state index is 5.74. The highest BCUT2D eigenvalue weighted by Gasteiger charge is 2.04. The van der Waals surface area contributed by atoms with Crippen LogP contribution in [0.2, 0.25) is 0 Å². The quantitative estimate of drug-likeness (QED) is 0.490. The van der Waals surface area contributed by atoms with Gasteiger partial charge in [-0.15, -0.1) is 0 Å². The van der Waals surface area contributed by atoms with Crippen LogP contribution >= 0.6 is 22.6 Å². The molecule has 5 heteroatoms. The molecule has 1 aromatic heterocycles. The van der Waals surface area contributed by atoms with Crippen molar-refractivity contribution < 1.29 is 0 Å². The third kappa shape index (κ3) is 2.13. The number of halogens is 1. The van der Waals surface area contributed by atoms with E-state index in [-0.39, 0.29) is 0 Å². The van der Waals surface area contributed by atoms with Crippen LogP contribution in [0.25, 0.3) is 11.0 Å². The van der Waals surface area contributed by atoms with Crippen molar-refractivity contribution in [1.82, 2.24) is 9.97 Å². The molecule has 0 bridgehead atoms. The SMILES string of the molecule is Nc1ccc2nc(Nc3ccccc3I)[nH]c2c1. The Bertz CT molecular complexity index is 705. The van der Waals surface area contributed by atoms with Crippen molar-refractivity contribution >= 4 is 50.9 Å². The first-order valence-electron chi connectivity index (χ1n) is 5.49. The molecule has 0 spiro atoms. The molecule has 3 rings (SSSR count). The van der Waals surface area contributed by atoms with Gasteiger partial charge in [0.2, 0.25) is 5.95 Å². The summed E-state index contributed by atoms with van der Waals surface area (Å²) in [5.41, 5.74) is 9.34. The molecule has 0 aliphatic heterocycles. The number of fused-ring (bicyclic) bond motifs is 1. The highest BCUT2D eigenvalue weighted by Crippen LogP contribution is 2.23. The average molecular weight is 350 g/mol. The summed E-state index contributed by atoms with van der Waals surface area (Å²) < 4.78 is 1.15. The number of hydrogen-bond acceptors (Lipinski definition) is 3. The van der Waals surface area contributed by atoms with Gasteiger partial charge >= 0.3 is 0 Å². The molecular formula is C13H11IN4. The summed E-state index contributed by atoms with van der Waals surface area (Å²) >= 11 is 2.29. The smallest absolute Gasteiger partial charge is 0.205 e. The molecule has 0 atom stereocenters. The van der Waals surface area contributed by atoms with E-state index in [2.05, 4.69) is 37.9 Å². The van der Waals surface area contributed by atoms with E-state index >= 15 is 0 Å². The number of nitrogens with zero attached hydrogens (tertiary/aromatic N) is 1. The van der Waals surface area contributed by atoms with Crippen LogP contribution in [0.3, 0.4) is 0 Å². The molecule has 0 saturated heterocycles. The minimum absolute atomic E-state index is 0.722. The molecule has 0 aliphatic carbocycles. The van der Waals surface area contributed by atoms with Crippen molar-refractivity contribution in [1.29, 1.82) is 0 Å². The summed E-state index contributed by atoms with van der Waals surface area (Å²) in [6, 6.07) is 13.7. The van der Waals surface area contributed by atoms with Gasteiger partial charge in [0.15, 0.2) is 0 Å². The molecule has 0 unspecified atom stereocenters. The Kier molecular flexibility index (Phi) is 2.83. The van der Waals surface area contributed by atoms with E-state index in [1.165, 1.54) is 0 Å². The normalized spacial score (nSPS) is 10.7. The molecule has 2 aromatic carbocycles. The number of rotatable bonds is 2. The number of aromatic nitrogens is 2. The van der Waals surface area contributed by atoms with Crippen molar-refractivity contribution in [3.8, 4) is 0 Å². The number of nitrogens with two attached hydrogens (primary N) is 1. The molecule has 0 aliphatic rings. The first kappa shape index (κ1) is 11.3. The van der Waals surface area contributed by atoms with E-state index in [1.54, 1.807) is 0 Å². The Labute approximate surface area is 118 Å². The summed E-state index contributed by atoms with van der Waals surface area (Å²) in [5, 5.41) is 3.27. The summed E-state index contributed by atoms with van der Waals surface area (Å²) in [6.07, 6.45) is 0. The lowest BCUT2D eigenvalue weighted by atomic mass is 10.3. The molecular weight excluding hydrogens is 339 g/mol. The van der Waals surface area contributed by atoms with Crippen molar-refractivity contribution in [3.63, 3.8) is 0 Å². The Morgan fingerprint density at radius 1 is 1.17 bits per heavy atom. The highest BCUT2D eigenvalue weighted by molar-refractivity contribution is 14.1. The van der Waals surface area contributed by atoms with Gasteiger partial charge in [0.1, 0.15) is 0 Å². The lowest BCUT2D eigenvalue weighted by Gasteiger charge is -2.04. The molecule has 4 N–H and O–H groups in total. The largest absolute Gasteiger partial charge is 0.399 e. The van der Waals surface area contributed by atoms with E-state index < -0.39 is 0 Å². The van der Waals surface area contributed by atoms with Gasteiger partial charge in [-0.1, -0.05) is 12.1 Å². The summed E-state index contributed by atoms with van der Waals surface area (Å²) in [5.74, 6) is 0.722. The maximum atomic E-state index is 5.74. The maximum Gasteiger partial charge on any atom is 0.205 e. The van der Waals surface area contributed by atoms with E-state index in [9.17, 15) is 0 Å². The van der Waals surface area contributed by atoms with Crippen molar-refractivity contribution in [2.24, 2.45) is 0 Å². The molecule has 1 heterocycles. The Morgan fingerprint density at radius 2 is 2.00 bits per heavy atom. The second-order valence-electron chi connectivity index (χ2n) is 3.97. The van der Waals surface area contributed by atoms with E-state index in [1.807, 2.05) is 42.5 Å². The van der Waals surface area contributed by atoms with Crippen LogP contribution in [-0.2, 0) is 0 Å². The van der Waals surface area contributed by atoms with Crippen LogP contribution in [0.5, 0.6) is 0 Å². The average Bonchev–Trinajstić information content (AvgIpc) is 2.73. The molecule has 0 amide bonds. The number of nitrogen functional groups attached to an aromatic ring is 1. The number of imidazole rings is 1. The summed E-state index contributed by atoms with van der Waals surface area (Å²) in [6.45, 7) is 0. The molecule has 90 valence electrons. The first-order chi connectivity index (χ1) is 8.72. The second kappa shape index (κ2) is 4.49. The number of benzene rings is 2. The van der Waals surface area contributed by atoms with Gasteiger partial charge < -0.3 is 16.0 Å². The number of para-hydroxylation sites is 1. The topological polar surface area (TPSA) is 66.7 Å². The van der Waals surface area contributed by atoms with Crippen molar-refractivity contribution in [3.05, 3.63) is 46.0 Å². The molecule has 4 nitrogen and oxygen atoms in total. The van der Waals surface area contributed by atoms with E-state index in [0.717, 1.165) is 31.9 Å². The van der Waals surface area contributed by atoms with Crippen LogP contribution in [0, 0.1) is 3.57 Å². The lowest BCUT2D eigenvalue weighted by molar-refractivity contribution is 1.31. The Morgan fingerprint density at radius 3 is 2.83 bits per heavy atom. The fraction of sp³-hybridized carbons (Fsp3) is 0. The number of aromatic amines is 1. The van der Waals surface area contributed by atoms with E-state index in [4.69, 9.17) is 5.73 Å². The molecule has 0 saturated carbocycles. The monoisotopic (exact) mass is 350 g/mol. The predicted molar refractivity (Wildman–Crippen MR) is 82.9 cm³/mol. The Balaban J connectivity index is 1.98. The van der Waals surface area contributed by atoms with Gasteiger partial charge in [-0.05, 0) is 52.9 Å². The van der Waals surface area contributed by atoms with Gasteiger partial charge in [0.25, 0.3) is 0 Å². The number of nitrogens with one attached hydrogen (secondary N) is 2. The number of hydrogen-bond donors (Lipinski definition) is 3. The molecule has 18 heavy (non-hydrogen) atoms. The third-order valence-corrected chi connectivity index (χ3v) is 3.57. The zero-order valence-electron chi connectivity index (χ0n) is 9.44. The number of H-pyrrole nitrogens is 1. The fourth-order valence-corrected chi connectivity index (χ4v) is 2.30. The van der Waals surface area contributed by atoms with Gasteiger partial charge in [-0.2, -0.15) is 0 Å². The van der Waals surface area contributed by atoms with Crippen LogP contribution in [0.15, 0.2) is 42.5 Å². The molecule has 3 aromatic rings. The van der Waals surface area contributed by atoms with Crippen molar-refractivity contribution in [2.75, 3.05) is 11.1 Å². The minimum atomic E-state index is 0.722. The second-order valence-corrected chi connectivity index (χ2v) is 5.13. The van der Waals surface area contributed by atoms with E-state index in [0.29, 0.717) is 0 Å². The fourth-order valence-electron chi connectivity index (χ4n) is 1.78. The molecule has 0 fully saturated rings. The van der Waals surface area contributed by atoms with Gasteiger partial charge in [0.05, 0.1) is 16.7 Å². The lowest BCUT2D eigenvalue weighted by Crippen LogP contribution is -1.94. The highest BCUT2D eigenvalue weighted by atomic mass is 127. The zero-order valence-corrected chi connectivity index (χ0v) is 11.6. The van der Waals surface area contributed by atoms with Gasteiger partial charge in [-0.3, -0.25) is 0 Å². The van der Waals surface area contributed by atoms with Gasteiger partial charge in [-0.25, -0.2) is 4.98 Å². The Hall–Kier alpha value is -1.76. The van der Waals surface area contributed by atoms with Crippen LogP contribution in [0.4, 0.5) is 17.3 Å². The molecule has 0 radical (unpaired) electrons. The summed E-state index contributed by atoms with van der Waals surface area (Å²) in [7, 11) is 0. The minimum Gasteiger partial charge on any atom is -0.399 e. The van der Waals surface area contributed by atoms with Crippen LogP contribution in [0.1, 0.15) is 0 Å². The zero-order chi connectivity index (χ0) is 12.5. The van der Waals surface area contributed by atoms with Gasteiger partial charge in [0, 0.05) is 9.26 Å². The standard InChI is InChI=1S/C13H11IN4/c14-9-3-1-2-4-10(9)16-13-17-11-6-5-8(15)7-12(11)18-13/h1-7H,15H2,(H2,16,17,18). The van der Waals surface area contributed by atoms with Crippen LogP contribution in [-0.4, -0.2) is 9.97 Å².